The summed E-state index contributed by atoms with van der Waals surface area (Å²) in [6, 6.07) is 4.07. The fourth-order valence-corrected chi connectivity index (χ4v) is 2.52. The number of imide groups is 1. The van der Waals surface area contributed by atoms with Crippen LogP contribution < -0.4 is 20.1 Å². The van der Waals surface area contributed by atoms with E-state index in [-0.39, 0.29) is 24.7 Å². The lowest BCUT2D eigenvalue weighted by Crippen LogP contribution is -2.46. The number of esters is 1. The number of benzene rings is 1. The number of ether oxygens (including phenoxy) is 3. The molecular formula is C20H26N2O7. The normalized spacial score (nSPS) is 13.8. The average molecular weight is 406 g/mol. The molecule has 1 aliphatic heterocycles. The molecule has 1 atom stereocenters. The summed E-state index contributed by atoms with van der Waals surface area (Å²) in [6.07, 6.45) is -0.674. The molecule has 0 aromatic heterocycles. The van der Waals surface area contributed by atoms with E-state index in [0.29, 0.717) is 30.3 Å². The number of amides is 3. The Morgan fingerprint density at radius 1 is 1.03 bits per heavy atom. The van der Waals surface area contributed by atoms with Crippen LogP contribution in [0.15, 0.2) is 18.2 Å². The minimum atomic E-state index is -1.16. The van der Waals surface area contributed by atoms with Crippen molar-refractivity contribution in [1.29, 1.82) is 0 Å². The second kappa shape index (κ2) is 10.4. The lowest BCUT2D eigenvalue weighted by molar-refractivity contribution is -0.154. The smallest absolute Gasteiger partial charge is 0.321 e. The van der Waals surface area contributed by atoms with Gasteiger partial charge in [-0.25, -0.2) is 4.79 Å². The Balaban J connectivity index is 1.81. The molecule has 0 unspecified atom stereocenters. The van der Waals surface area contributed by atoms with Crippen molar-refractivity contribution in [2.75, 3.05) is 13.2 Å². The van der Waals surface area contributed by atoms with Crippen LogP contribution in [0, 0.1) is 0 Å². The molecule has 0 radical (unpaired) electrons. The molecule has 0 spiro atoms. The Morgan fingerprint density at radius 2 is 1.72 bits per heavy atom. The highest BCUT2D eigenvalue weighted by Crippen LogP contribution is 2.30. The van der Waals surface area contributed by atoms with Crippen molar-refractivity contribution in [3.8, 4) is 11.5 Å². The molecule has 0 saturated heterocycles. The van der Waals surface area contributed by atoms with E-state index in [1.165, 1.54) is 6.92 Å². The van der Waals surface area contributed by atoms with Crippen molar-refractivity contribution in [3.63, 3.8) is 0 Å². The van der Waals surface area contributed by atoms with Gasteiger partial charge in [-0.05, 0) is 39.0 Å². The Labute approximate surface area is 169 Å². The van der Waals surface area contributed by atoms with E-state index < -0.39 is 24.0 Å². The van der Waals surface area contributed by atoms with Crippen LogP contribution in [-0.4, -0.2) is 49.1 Å². The lowest BCUT2D eigenvalue weighted by atomic mass is 10.1. The van der Waals surface area contributed by atoms with Crippen LogP contribution >= 0.6 is 0 Å². The third kappa shape index (κ3) is 7.10. The molecule has 3 amide bonds. The van der Waals surface area contributed by atoms with E-state index >= 15 is 0 Å². The van der Waals surface area contributed by atoms with Crippen LogP contribution in [0.25, 0.3) is 0 Å². The molecule has 0 bridgehead atoms. The largest absolute Gasteiger partial charge is 0.490 e. The van der Waals surface area contributed by atoms with E-state index in [2.05, 4.69) is 10.6 Å². The summed E-state index contributed by atoms with van der Waals surface area (Å²) >= 11 is 0. The zero-order valence-corrected chi connectivity index (χ0v) is 16.8. The van der Waals surface area contributed by atoms with Gasteiger partial charge < -0.3 is 19.5 Å². The third-order valence-corrected chi connectivity index (χ3v) is 3.96. The molecule has 0 saturated carbocycles. The van der Waals surface area contributed by atoms with Gasteiger partial charge in [-0.3, -0.25) is 19.7 Å². The number of carbonyl (C=O) groups excluding carboxylic acids is 4. The zero-order valence-electron chi connectivity index (χ0n) is 16.8. The van der Waals surface area contributed by atoms with Crippen molar-refractivity contribution < 1.29 is 33.4 Å². The fourth-order valence-electron chi connectivity index (χ4n) is 2.52. The maximum absolute atomic E-state index is 12.4. The van der Waals surface area contributed by atoms with Crippen molar-refractivity contribution >= 4 is 23.7 Å². The van der Waals surface area contributed by atoms with E-state index in [1.54, 1.807) is 32.0 Å². The highest BCUT2D eigenvalue weighted by molar-refractivity contribution is 5.99. The molecule has 1 aromatic carbocycles. The number of hydrogen-bond acceptors (Lipinski definition) is 7. The number of carbonyl (C=O) groups is 4. The molecule has 1 heterocycles. The van der Waals surface area contributed by atoms with Gasteiger partial charge in [0, 0.05) is 24.4 Å². The molecule has 9 nitrogen and oxygen atoms in total. The van der Waals surface area contributed by atoms with Gasteiger partial charge in [-0.1, -0.05) is 0 Å². The minimum Gasteiger partial charge on any atom is -0.490 e. The van der Waals surface area contributed by atoms with Gasteiger partial charge in [-0.15, -0.1) is 0 Å². The second-order valence-corrected chi connectivity index (χ2v) is 6.88. The second-order valence-electron chi connectivity index (χ2n) is 6.88. The summed E-state index contributed by atoms with van der Waals surface area (Å²) in [5.41, 5.74) is 0.401. The fraction of sp³-hybridized carbons (Fsp3) is 0.500. The first kappa shape index (κ1) is 22.2. The number of urea groups is 1. The third-order valence-electron chi connectivity index (χ3n) is 3.96. The van der Waals surface area contributed by atoms with E-state index in [0.717, 1.165) is 6.42 Å². The molecule has 158 valence electrons. The van der Waals surface area contributed by atoms with Crippen molar-refractivity contribution in [2.24, 2.45) is 0 Å². The van der Waals surface area contributed by atoms with E-state index in [4.69, 9.17) is 14.2 Å². The summed E-state index contributed by atoms with van der Waals surface area (Å²) in [5.74, 6) is -0.628. The Bertz CT molecular complexity index is 776. The van der Waals surface area contributed by atoms with Crippen LogP contribution in [0.3, 0.4) is 0 Å². The Hall–Kier alpha value is -3.10. The van der Waals surface area contributed by atoms with Crippen molar-refractivity contribution in [1.82, 2.24) is 10.6 Å². The standard InChI is InChI=1S/C20H26N2O7/c1-12(2)21-20(26)22-19(25)13(3)29-18(24)8-6-15(23)14-5-7-16-17(11-14)28-10-4-9-27-16/h5,7,11-13H,4,6,8-10H2,1-3H3,(H2,21,22,25,26)/t13-/m0/s1. The van der Waals surface area contributed by atoms with Gasteiger partial charge in [0.2, 0.25) is 0 Å². The van der Waals surface area contributed by atoms with Crippen LogP contribution in [0.4, 0.5) is 4.79 Å². The number of fused-ring (bicyclic) bond motifs is 1. The van der Waals surface area contributed by atoms with Gasteiger partial charge in [0.1, 0.15) is 0 Å². The predicted octanol–water partition coefficient (Wildman–Crippen LogP) is 1.98. The van der Waals surface area contributed by atoms with Crippen molar-refractivity contribution in [3.05, 3.63) is 23.8 Å². The van der Waals surface area contributed by atoms with Gasteiger partial charge in [0.25, 0.3) is 5.91 Å². The van der Waals surface area contributed by atoms with Crippen molar-refractivity contribution in [2.45, 2.75) is 52.2 Å². The van der Waals surface area contributed by atoms with Gasteiger partial charge in [0.15, 0.2) is 23.4 Å². The summed E-state index contributed by atoms with van der Waals surface area (Å²) in [5, 5.41) is 4.57. The Morgan fingerprint density at radius 3 is 2.41 bits per heavy atom. The molecule has 2 N–H and O–H groups in total. The lowest BCUT2D eigenvalue weighted by Gasteiger charge is -2.14. The molecule has 0 aliphatic carbocycles. The topological polar surface area (TPSA) is 120 Å². The molecule has 29 heavy (non-hydrogen) atoms. The average Bonchev–Trinajstić information content (AvgIpc) is 2.89. The van der Waals surface area contributed by atoms with Crippen LogP contribution in [0.5, 0.6) is 11.5 Å². The van der Waals surface area contributed by atoms with Crippen LogP contribution in [-0.2, 0) is 14.3 Å². The zero-order chi connectivity index (χ0) is 21.4. The molecule has 9 heteroatoms. The van der Waals surface area contributed by atoms with E-state index in [9.17, 15) is 19.2 Å². The number of hydrogen-bond donors (Lipinski definition) is 2. The quantitative estimate of drug-likeness (QED) is 0.525. The number of ketones is 1. The van der Waals surface area contributed by atoms with E-state index in [1.807, 2.05) is 0 Å². The molecule has 1 aromatic rings. The highest BCUT2D eigenvalue weighted by Gasteiger charge is 2.21. The molecular weight excluding hydrogens is 380 g/mol. The van der Waals surface area contributed by atoms with Gasteiger partial charge in [0.05, 0.1) is 19.6 Å². The molecule has 1 aliphatic rings. The number of rotatable bonds is 7. The maximum Gasteiger partial charge on any atom is 0.321 e. The monoisotopic (exact) mass is 406 g/mol. The molecule has 0 fully saturated rings. The first-order chi connectivity index (χ1) is 13.8. The number of Topliss-reactive ketones (excluding diaryl/α,β-unsaturated/α-hetero) is 1. The van der Waals surface area contributed by atoms with Crippen LogP contribution in [0.2, 0.25) is 0 Å². The minimum absolute atomic E-state index is 0.0827. The first-order valence-corrected chi connectivity index (χ1v) is 9.50. The first-order valence-electron chi connectivity index (χ1n) is 9.50. The van der Waals surface area contributed by atoms with Gasteiger partial charge in [-0.2, -0.15) is 0 Å². The highest BCUT2D eigenvalue weighted by atomic mass is 16.5. The summed E-state index contributed by atoms with van der Waals surface area (Å²) in [7, 11) is 0. The molecule has 2 rings (SSSR count). The van der Waals surface area contributed by atoms with Gasteiger partial charge >= 0.3 is 12.0 Å². The SMILES string of the molecule is CC(C)NC(=O)NC(=O)[C@H](C)OC(=O)CCC(=O)c1ccc2c(c1)OCCCO2. The predicted molar refractivity (Wildman–Crippen MR) is 103 cm³/mol. The maximum atomic E-state index is 12.4. The number of nitrogens with one attached hydrogen (secondary N) is 2. The Kier molecular flexibility index (Phi) is 7.99. The van der Waals surface area contributed by atoms with Crippen LogP contribution in [0.1, 0.15) is 50.4 Å². The summed E-state index contributed by atoms with van der Waals surface area (Å²) < 4.78 is 16.1. The summed E-state index contributed by atoms with van der Waals surface area (Å²) in [4.78, 5) is 47.6. The summed E-state index contributed by atoms with van der Waals surface area (Å²) in [6.45, 7) is 5.90.